The third kappa shape index (κ3) is 6.63. The Labute approximate surface area is 185 Å². The van der Waals surface area contributed by atoms with Gasteiger partial charge in [-0.15, -0.1) is 0 Å². The fourth-order valence-corrected chi connectivity index (χ4v) is 4.30. The molecule has 3 saturated heterocycles. The molecule has 0 spiro atoms. The number of nitrogens with one attached hydrogen (secondary N) is 2. The zero-order valence-electron chi connectivity index (χ0n) is 19.2. The van der Waals surface area contributed by atoms with Crippen molar-refractivity contribution in [3.05, 3.63) is 0 Å². The zero-order valence-corrected chi connectivity index (χ0v) is 19.2. The van der Waals surface area contributed by atoms with Gasteiger partial charge in [-0.2, -0.15) is 0 Å². The van der Waals surface area contributed by atoms with E-state index in [2.05, 4.69) is 36.3 Å². The molecule has 0 aromatic carbocycles. The zero-order chi connectivity index (χ0) is 22.4. The largest absolute Gasteiger partial charge is 0.378 e. The van der Waals surface area contributed by atoms with Crippen molar-refractivity contribution in [2.24, 2.45) is 5.41 Å². The second-order valence-electron chi connectivity index (χ2n) is 9.63. The molecule has 9 heteroatoms. The topological polar surface area (TPSA) is 100 Å². The molecule has 3 unspecified atom stereocenters. The van der Waals surface area contributed by atoms with E-state index in [0.717, 1.165) is 32.4 Å². The predicted octanol–water partition coefficient (Wildman–Crippen LogP) is 0.772. The summed E-state index contributed by atoms with van der Waals surface area (Å²) >= 11 is 0. The van der Waals surface area contributed by atoms with Gasteiger partial charge in [0.05, 0.1) is 19.3 Å². The van der Waals surface area contributed by atoms with Gasteiger partial charge in [-0.1, -0.05) is 27.2 Å². The number of hydrogen-bond donors (Lipinski definition) is 2. The molecule has 3 atom stereocenters. The number of likely N-dealkylation sites (tertiary alicyclic amines) is 1. The van der Waals surface area contributed by atoms with E-state index < -0.39 is 12.1 Å². The molecule has 0 aromatic rings. The smallest absolute Gasteiger partial charge is 0.318 e. The summed E-state index contributed by atoms with van der Waals surface area (Å²) < 4.78 is 11.0. The lowest BCUT2D eigenvalue weighted by Crippen LogP contribution is -2.58. The van der Waals surface area contributed by atoms with E-state index in [0.29, 0.717) is 39.3 Å². The molecular weight excluding hydrogens is 400 g/mol. The van der Waals surface area contributed by atoms with Crippen molar-refractivity contribution in [1.29, 1.82) is 0 Å². The Morgan fingerprint density at radius 2 is 1.84 bits per heavy atom. The van der Waals surface area contributed by atoms with Crippen molar-refractivity contribution >= 4 is 17.7 Å². The Morgan fingerprint density at radius 3 is 2.48 bits per heavy atom. The van der Waals surface area contributed by atoms with Gasteiger partial charge in [0.2, 0.25) is 5.91 Å². The van der Waals surface area contributed by atoms with E-state index in [9.17, 15) is 14.4 Å². The first-order valence-corrected chi connectivity index (χ1v) is 11.6. The molecule has 3 heterocycles. The number of urea groups is 1. The Kier molecular flexibility index (Phi) is 8.30. The molecule has 3 fully saturated rings. The Bertz CT molecular complexity index is 644. The second-order valence-corrected chi connectivity index (χ2v) is 9.63. The van der Waals surface area contributed by atoms with Gasteiger partial charge in [0.15, 0.2) is 5.78 Å². The maximum atomic E-state index is 13.2. The summed E-state index contributed by atoms with van der Waals surface area (Å²) in [5, 5.41) is 5.82. The van der Waals surface area contributed by atoms with Crippen LogP contribution in [0.5, 0.6) is 0 Å². The minimum atomic E-state index is -0.717. The van der Waals surface area contributed by atoms with Crippen molar-refractivity contribution in [1.82, 2.24) is 20.4 Å². The molecule has 31 heavy (non-hydrogen) atoms. The van der Waals surface area contributed by atoms with Gasteiger partial charge in [0.1, 0.15) is 18.7 Å². The summed E-state index contributed by atoms with van der Waals surface area (Å²) in [6.07, 6.45) is 3.32. The molecule has 0 aliphatic carbocycles. The lowest BCUT2D eigenvalue weighted by Gasteiger charge is -2.33. The van der Waals surface area contributed by atoms with Crippen LogP contribution in [0.1, 0.15) is 46.5 Å². The molecule has 0 bridgehead atoms. The molecule has 3 aliphatic rings. The first-order valence-electron chi connectivity index (χ1n) is 11.6. The molecule has 0 radical (unpaired) electrons. The molecule has 176 valence electrons. The molecule has 3 aliphatic heterocycles. The summed E-state index contributed by atoms with van der Waals surface area (Å²) in [5.41, 5.74) is -0.133. The van der Waals surface area contributed by atoms with Crippen molar-refractivity contribution < 1.29 is 23.9 Å². The van der Waals surface area contributed by atoms with Crippen LogP contribution in [-0.2, 0) is 19.1 Å². The third-order valence-electron chi connectivity index (χ3n) is 6.72. The maximum Gasteiger partial charge on any atom is 0.318 e. The van der Waals surface area contributed by atoms with Crippen molar-refractivity contribution in [3.8, 4) is 0 Å². The summed E-state index contributed by atoms with van der Waals surface area (Å²) in [7, 11) is 0. The van der Waals surface area contributed by atoms with Crippen molar-refractivity contribution in [2.45, 2.75) is 64.6 Å². The standard InChI is InChI=1S/C22H38N4O5/c1-4-22(2,3)13-16(23-21(29)26-9-11-30-12-10-26)20(28)24-19-17(27)15-31-18(19)14-25-7-5-6-8-25/h16,18-19H,4-15H2,1-3H3,(H,23,29)(H,24,28). The fraction of sp³-hybridized carbons (Fsp3) is 0.864. The van der Waals surface area contributed by atoms with E-state index >= 15 is 0 Å². The summed E-state index contributed by atoms with van der Waals surface area (Å²) in [6.45, 7) is 10.9. The van der Waals surface area contributed by atoms with Crippen molar-refractivity contribution in [3.63, 3.8) is 0 Å². The van der Waals surface area contributed by atoms with Gasteiger partial charge in [0.25, 0.3) is 0 Å². The number of morpholine rings is 1. The van der Waals surface area contributed by atoms with Crippen LogP contribution in [0, 0.1) is 5.41 Å². The highest BCUT2D eigenvalue weighted by atomic mass is 16.5. The van der Waals surface area contributed by atoms with Crippen LogP contribution in [0.2, 0.25) is 0 Å². The minimum absolute atomic E-state index is 0.0225. The summed E-state index contributed by atoms with van der Waals surface area (Å²) in [5.74, 6) is -0.427. The predicted molar refractivity (Wildman–Crippen MR) is 116 cm³/mol. The monoisotopic (exact) mass is 438 g/mol. The number of carbonyl (C=O) groups excluding carboxylic acids is 3. The Morgan fingerprint density at radius 1 is 1.16 bits per heavy atom. The van der Waals surface area contributed by atoms with Gasteiger partial charge in [-0.05, 0) is 37.8 Å². The van der Waals surface area contributed by atoms with Crippen LogP contribution in [0.15, 0.2) is 0 Å². The fourth-order valence-electron chi connectivity index (χ4n) is 4.30. The van der Waals surface area contributed by atoms with Gasteiger partial charge >= 0.3 is 6.03 Å². The molecule has 0 aromatic heterocycles. The summed E-state index contributed by atoms with van der Waals surface area (Å²) in [6, 6.07) is -1.65. The lowest BCUT2D eigenvalue weighted by atomic mass is 9.83. The number of amides is 3. The quantitative estimate of drug-likeness (QED) is 0.581. The highest BCUT2D eigenvalue weighted by Crippen LogP contribution is 2.27. The van der Waals surface area contributed by atoms with E-state index in [1.165, 1.54) is 0 Å². The highest BCUT2D eigenvalue weighted by molar-refractivity contribution is 5.94. The van der Waals surface area contributed by atoms with Crippen molar-refractivity contribution in [2.75, 3.05) is 52.5 Å². The number of ether oxygens (including phenoxy) is 2. The average Bonchev–Trinajstić information content (AvgIpc) is 3.39. The Balaban J connectivity index is 1.65. The van der Waals surface area contributed by atoms with Gasteiger partial charge in [-0.3, -0.25) is 9.59 Å². The number of ketones is 1. The van der Waals surface area contributed by atoms with Crippen LogP contribution in [-0.4, -0.2) is 98.3 Å². The second kappa shape index (κ2) is 10.7. The van der Waals surface area contributed by atoms with Crippen LogP contribution >= 0.6 is 0 Å². The van der Waals surface area contributed by atoms with Crippen LogP contribution in [0.25, 0.3) is 0 Å². The highest BCUT2D eigenvalue weighted by Gasteiger charge is 2.40. The number of Topliss-reactive ketones (excluding diaryl/α,β-unsaturated/α-hetero) is 1. The summed E-state index contributed by atoms with van der Waals surface area (Å²) in [4.78, 5) is 42.4. The average molecular weight is 439 g/mol. The molecule has 0 saturated carbocycles. The minimum Gasteiger partial charge on any atom is -0.378 e. The Hall–Kier alpha value is -1.71. The molecule has 3 amide bonds. The first kappa shape index (κ1) is 23.9. The van der Waals surface area contributed by atoms with Gasteiger partial charge in [-0.25, -0.2) is 4.79 Å². The molecule has 2 N–H and O–H groups in total. The first-order chi connectivity index (χ1) is 14.8. The molecule has 9 nitrogen and oxygen atoms in total. The maximum absolute atomic E-state index is 13.2. The van der Waals surface area contributed by atoms with E-state index in [-0.39, 0.29) is 35.8 Å². The van der Waals surface area contributed by atoms with Gasteiger partial charge in [0, 0.05) is 19.6 Å². The van der Waals surface area contributed by atoms with Crippen LogP contribution in [0.4, 0.5) is 4.79 Å². The number of hydrogen-bond acceptors (Lipinski definition) is 6. The number of carbonyl (C=O) groups is 3. The molecular formula is C22H38N4O5. The van der Waals surface area contributed by atoms with Crippen LogP contribution < -0.4 is 10.6 Å². The van der Waals surface area contributed by atoms with Crippen LogP contribution in [0.3, 0.4) is 0 Å². The van der Waals surface area contributed by atoms with E-state index in [4.69, 9.17) is 9.47 Å². The van der Waals surface area contributed by atoms with E-state index in [1.54, 1.807) is 4.90 Å². The normalized spacial score (nSPS) is 26.2. The number of nitrogens with zero attached hydrogens (tertiary/aromatic N) is 2. The number of rotatable bonds is 8. The van der Waals surface area contributed by atoms with E-state index in [1.807, 2.05) is 0 Å². The van der Waals surface area contributed by atoms with Gasteiger partial charge < -0.3 is 29.9 Å². The SMILES string of the molecule is CCC(C)(C)CC(NC(=O)N1CCOCC1)C(=O)NC1C(=O)COC1CN1CCCC1. The lowest BCUT2D eigenvalue weighted by molar-refractivity contribution is -0.128. The molecule has 3 rings (SSSR count). The third-order valence-corrected chi connectivity index (χ3v) is 6.72.